The molecule has 2 rings (SSSR count). The topological polar surface area (TPSA) is 34.1 Å². The summed E-state index contributed by atoms with van der Waals surface area (Å²) < 4.78 is 5.70. The molecule has 1 unspecified atom stereocenters. The standard InChI is InChI=1S/C17H22N2O/c1-4-20-17-8-6-5-7-16(17)14(3)19-13(2)15-9-11-18-12-10-15/h5-14,19H,4H2,1-3H3/t13-,14?/m0/s1. The van der Waals surface area contributed by atoms with Gasteiger partial charge < -0.3 is 10.1 Å². The minimum atomic E-state index is 0.223. The van der Waals surface area contributed by atoms with Gasteiger partial charge in [-0.3, -0.25) is 4.98 Å². The molecule has 0 bridgehead atoms. The fourth-order valence-electron chi connectivity index (χ4n) is 2.34. The second-order valence-corrected chi connectivity index (χ2v) is 4.86. The van der Waals surface area contributed by atoms with E-state index in [-0.39, 0.29) is 12.1 Å². The van der Waals surface area contributed by atoms with Crippen LogP contribution in [0.15, 0.2) is 48.8 Å². The Morgan fingerprint density at radius 1 is 1.05 bits per heavy atom. The molecule has 3 nitrogen and oxygen atoms in total. The van der Waals surface area contributed by atoms with Crippen LogP contribution in [0.2, 0.25) is 0 Å². The zero-order chi connectivity index (χ0) is 14.4. The molecule has 1 aromatic heterocycles. The van der Waals surface area contributed by atoms with Gasteiger partial charge in [0.1, 0.15) is 5.75 Å². The highest BCUT2D eigenvalue weighted by Gasteiger charge is 2.14. The number of ether oxygens (including phenoxy) is 1. The van der Waals surface area contributed by atoms with E-state index in [0.717, 1.165) is 5.75 Å². The molecular weight excluding hydrogens is 248 g/mol. The molecule has 0 saturated carbocycles. The third-order valence-electron chi connectivity index (χ3n) is 3.39. The number of nitrogens with one attached hydrogen (secondary N) is 1. The highest BCUT2D eigenvalue weighted by molar-refractivity contribution is 5.35. The van der Waals surface area contributed by atoms with Gasteiger partial charge in [0.15, 0.2) is 0 Å². The van der Waals surface area contributed by atoms with E-state index in [2.05, 4.69) is 30.2 Å². The van der Waals surface area contributed by atoms with Crippen molar-refractivity contribution in [1.82, 2.24) is 10.3 Å². The Hall–Kier alpha value is -1.87. The summed E-state index contributed by atoms with van der Waals surface area (Å²) in [6.45, 7) is 7.02. The van der Waals surface area contributed by atoms with Crippen molar-refractivity contribution in [2.45, 2.75) is 32.9 Å². The Labute approximate surface area is 121 Å². The lowest BCUT2D eigenvalue weighted by Crippen LogP contribution is -2.23. The van der Waals surface area contributed by atoms with Gasteiger partial charge in [0.25, 0.3) is 0 Å². The molecule has 3 heteroatoms. The Kier molecular flexibility index (Phi) is 5.13. The number of nitrogens with zero attached hydrogens (tertiary/aromatic N) is 1. The SMILES string of the molecule is CCOc1ccccc1C(C)N[C@@H](C)c1ccncc1. The Morgan fingerprint density at radius 3 is 2.45 bits per heavy atom. The van der Waals surface area contributed by atoms with E-state index in [4.69, 9.17) is 4.74 Å². The molecule has 0 saturated heterocycles. The zero-order valence-electron chi connectivity index (χ0n) is 12.3. The van der Waals surface area contributed by atoms with Crippen molar-refractivity contribution in [3.63, 3.8) is 0 Å². The van der Waals surface area contributed by atoms with Crippen molar-refractivity contribution in [1.29, 1.82) is 0 Å². The maximum Gasteiger partial charge on any atom is 0.124 e. The third-order valence-corrected chi connectivity index (χ3v) is 3.39. The average molecular weight is 270 g/mol. The van der Waals surface area contributed by atoms with Crippen LogP contribution in [-0.2, 0) is 0 Å². The van der Waals surface area contributed by atoms with Crippen LogP contribution in [0.5, 0.6) is 5.75 Å². The summed E-state index contributed by atoms with van der Waals surface area (Å²) in [7, 11) is 0. The van der Waals surface area contributed by atoms with E-state index in [1.807, 2.05) is 49.6 Å². The molecule has 0 radical (unpaired) electrons. The van der Waals surface area contributed by atoms with E-state index in [1.165, 1.54) is 11.1 Å². The van der Waals surface area contributed by atoms with Crippen molar-refractivity contribution in [2.24, 2.45) is 0 Å². The molecule has 0 aliphatic carbocycles. The van der Waals surface area contributed by atoms with Crippen LogP contribution in [-0.4, -0.2) is 11.6 Å². The lowest BCUT2D eigenvalue weighted by Gasteiger charge is -2.22. The predicted molar refractivity (Wildman–Crippen MR) is 81.8 cm³/mol. The maximum absolute atomic E-state index is 5.70. The second-order valence-electron chi connectivity index (χ2n) is 4.86. The normalized spacial score (nSPS) is 13.8. The van der Waals surface area contributed by atoms with Crippen molar-refractivity contribution < 1.29 is 4.74 Å². The van der Waals surface area contributed by atoms with Gasteiger partial charge in [0.2, 0.25) is 0 Å². The first-order chi connectivity index (χ1) is 9.72. The van der Waals surface area contributed by atoms with E-state index < -0.39 is 0 Å². The van der Waals surface area contributed by atoms with E-state index in [0.29, 0.717) is 6.61 Å². The number of pyridine rings is 1. The number of benzene rings is 1. The molecule has 0 fully saturated rings. The largest absolute Gasteiger partial charge is 0.494 e. The van der Waals surface area contributed by atoms with Gasteiger partial charge in [-0.05, 0) is 44.5 Å². The van der Waals surface area contributed by atoms with Gasteiger partial charge in [0, 0.05) is 30.0 Å². The fourth-order valence-corrected chi connectivity index (χ4v) is 2.34. The summed E-state index contributed by atoms with van der Waals surface area (Å²) in [4.78, 5) is 4.06. The van der Waals surface area contributed by atoms with Gasteiger partial charge in [-0.1, -0.05) is 18.2 Å². The maximum atomic E-state index is 5.70. The first-order valence-corrected chi connectivity index (χ1v) is 7.10. The van der Waals surface area contributed by atoms with Crippen LogP contribution in [0.1, 0.15) is 44.0 Å². The van der Waals surface area contributed by atoms with Crippen molar-refractivity contribution in [3.8, 4) is 5.75 Å². The molecule has 0 amide bonds. The van der Waals surface area contributed by atoms with Gasteiger partial charge in [-0.2, -0.15) is 0 Å². The van der Waals surface area contributed by atoms with Gasteiger partial charge in [-0.25, -0.2) is 0 Å². The van der Waals surface area contributed by atoms with Crippen molar-refractivity contribution in [3.05, 3.63) is 59.9 Å². The lowest BCUT2D eigenvalue weighted by atomic mass is 10.0. The zero-order valence-corrected chi connectivity index (χ0v) is 12.3. The smallest absolute Gasteiger partial charge is 0.124 e. The molecule has 20 heavy (non-hydrogen) atoms. The molecule has 0 aliphatic heterocycles. The van der Waals surface area contributed by atoms with Crippen LogP contribution in [0.4, 0.5) is 0 Å². The van der Waals surface area contributed by atoms with E-state index in [1.54, 1.807) is 0 Å². The third kappa shape index (κ3) is 3.58. The summed E-state index contributed by atoms with van der Waals surface area (Å²) in [6, 6.07) is 12.8. The lowest BCUT2D eigenvalue weighted by molar-refractivity contribution is 0.331. The monoisotopic (exact) mass is 270 g/mol. The predicted octanol–water partition coefficient (Wildman–Crippen LogP) is 3.89. The van der Waals surface area contributed by atoms with Gasteiger partial charge in [0.05, 0.1) is 6.61 Å². The quantitative estimate of drug-likeness (QED) is 0.864. The van der Waals surface area contributed by atoms with Crippen LogP contribution >= 0.6 is 0 Å². The average Bonchev–Trinajstić information content (AvgIpc) is 2.49. The fraction of sp³-hybridized carbons (Fsp3) is 0.353. The highest BCUT2D eigenvalue weighted by atomic mass is 16.5. The Morgan fingerprint density at radius 2 is 1.75 bits per heavy atom. The number of aromatic nitrogens is 1. The van der Waals surface area contributed by atoms with Crippen molar-refractivity contribution >= 4 is 0 Å². The highest BCUT2D eigenvalue weighted by Crippen LogP contribution is 2.27. The molecule has 1 aromatic carbocycles. The first kappa shape index (κ1) is 14.5. The first-order valence-electron chi connectivity index (χ1n) is 7.10. The Balaban J connectivity index is 2.10. The van der Waals surface area contributed by atoms with E-state index in [9.17, 15) is 0 Å². The summed E-state index contributed by atoms with van der Waals surface area (Å²) >= 11 is 0. The molecular formula is C17H22N2O. The summed E-state index contributed by atoms with van der Waals surface area (Å²) in [5.74, 6) is 0.955. The van der Waals surface area contributed by atoms with Gasteiger partial charge >= 0.3 is 0 Å². The van der Waals surface area contributed by atoms with Crippen LogP contribution in [0.3, 0.4) is 0 Å². The number of para-hydroxylation sites is 1. The summed E-state index contributed by atoms with van der Waals surface area (Å²) in [5.41, 5.74) is 2.43. The summed E-state index contributed by atoms with van der Waals surface area (Å²) in [5, 5.41) is 3.60. The molecule has 2 atom stereocenters. The Bertz CT molecular complexity index is 528. The van der Waals surface area contributed by atoms with Gasteiger partial charge in [-0.15, -0.1) is 0 Å². The van der Waals surface area contributed by atoms with Crippen LogP contribution < -0.4 is 10.1 Å². The molecule has 106 valence electrons. The molecule has 2 aromatic rings. The molecule has 0 aliphatic rings. The molecule has 1 heterocycles. The van der Waals surface area contributed by atoms with Crippen LogP contribution in [0.25, 0.3) is 0 Å². The van der Waals surface area contributed by atoms with Crippen molar-refractivity contribution in [2.75, 3.05) is 6.61 Å². The van der Waals surface area contributed by atoms with Crippen LogP contribution in [0, 0.1) is 0 Å². The minimum Gasteiger partial charge on any atom is -0.494 e. The summed E-state index contributed by atoms with van der Waals surface area (Å²) in [6.07, 6.45) is 3.65. The second kappa shape index (κ2) is 7.06. The number of hydrogen-bond donors (Lipinski definition) is 1. The van der Waals surface area contributed by atoms with E-state index >= 15 is 0 Å². The number of hydrogen-bond acceptors (Lipinski definition) is 3. The molecule has 0 spiro atoms. The molecule has 1 N–H and O–H groups in total. The number of rotatable bonds is 6. The minimum absolute atomic E-state index is 0.223.